The van der Waals surface area contributed by atoms with Gasteiger partial charge in [0.15, 0.2) is 0 Å². The molecule has 0 fully saturated rings. The van der Waals surface area contributed by atoms with Crippen molar-refractivity contribution < 1.29 is 23.3 Å². The van der Waals surface area contributed by atoms with Crippen molar-refractivity contribution in [2.75, 3.05) is 0 Å². The van der Waals surface area contributed by atoms with Gasteiger partial charge in [-0.1, -0.05) is 122 Å². The summed E-state index contributed by atoms with van der Waals surface area (Å²) in [5.74, 6) is 0. The van der Waals surface area contributed by atoms with Crippen LogP contribution in [0, 0.1) is 14.9 Å². The third kappa shape index (κ3) is 7.96. The van der Waals surface area contributed by atoms with Crippen LogP contribution in [0.3, 0.4) is 0 Å². The topological polar surface area (TPSA) is 0 Å². The van der Waals surface area contributed by atoms with E-state index in [-0.39, 0.29) is 39.7 Å². The van der Waals surface area contributed by atoms with Crippen molar-refractivity contribution in [2.45, 2.75) is 26.7 Å². The summed E-state index contributed by atoms with van der Waals surface area (Å²) in [4.78, 5) is 0. The van der Waals surface area contributed by atoms with Gasteiger partial charge in [-0.25, -0.2) is 0 Å². The molecule has 0 nitrogen and oxygen atoms in total. The van der Waals surface area contributed by atoms with Crippen LogP contribution in [0.5, 0.6) is 0 Å². The fourth-order valence-electron chi connectivity index (χ4n) is 6.65. The van der Waals surface area contributed by atoms with E-state index in [9.17, 15) is 0 Å². The minimum absolute atomic E-state index is 0. The van der Waals surface area contributed by atoms with Gasteiger partial charge in [-0.2, -0.15) is 0 Å². The van der Waals surface area contributed by atoms with E-state index in [4.69, 9.17) is 0 Å². The maximum atomic E-state index is 3.06. The van der Waals surface area contributed by atoms with Crippen molar-refractivity contribution in [3.05, 3.63) is 172 Å². The predicted octanol–water partition coefficient (Wildman–Crippen LogP) is 13.2. The van der Waals surface area contributed by atoms with Gasteiger partial charge in [0, 0.05) is 0 Å². The third-order valence-corrected chi connectivity index (χ3v) is 8.64. The number of aryl methyl sites for hydroxylation is 2. The first-order valence-corrected chi connectivity index (χ1v) is 19.5. The van der Waals surface area contributed by atoms with Crippen molar-refractivity contribution in [3.8, 4) is 22.3 Å². The zero-order valence-corrected chi connectivity index (χ0v) is 33.2. The Morgan fingerprint density at radius 2 is 0.750 bits per heavy atom. The van der Waals surface area contributed by atoms with Crippen molar-refractivity contribution >= 4 is 74.8 Å². The van der Waals surface area contributed by atoms with Crippen molar-refractivity contribution in [1.82, 2.24) is 0 Å². The molecule has 8 rings (SSSR count). The molecule has 0 atom stereocenters. The molecule has 244 valence electrons. The molecule has 0 spiro atoms. The molecule has 0 aliphatic carbocycles. The standard InChI is InChI=1S/2C21H17.2CH3.2ClH.Si.Zr/c2*1-2-15-14-17-9-4-6-12-19(17)21(15)20-13-7-10-16-8-3-5-11-18(16)20;;;;;;/h2*3-14H,2H2,1H3;2*1H3;2*1H;;/q4*-1;;;;. The Kier molecular flexibility index (Phi) is 16.2. The molecule has 0 heterocycles. The molecule has 0 bridgehead atoms. The zero-order chi connectivity index (χ0) is 30.5. The van der Waals surface area contributed by atoms with E-state index < -0.39 is 0 Å². The van der Waals surface area contributed by atoms with Gasteiger partial charge < -0.3 is 14.9 Å². The van der Waals surface area contributed by atoms with Gasteiger partial charge in [-0.15, -0.1) is 117 Å². The van der Waals surface area contributed by atoms with Gasteiger partial charge in [0.2, 0.25) is 0 Å². The van der Waals surface area contributed by atoms with Gasteiger partial charge in [0.25, 0.3) is 0 Å². The fraction of sp³-hybridized carbons (Fsp3) is 0.0909. The fourth-order valence-corrected chi connectivity index (χ4v) is 6.65. The maximum absolute atomic E-state index is 3.06. The van der Waals surface area contributed by atoms with E-state index in [1.807, 2.05) is 0 Å². The Bertz CT molecular complexity index is 2040. The summed E-state index contributed by atoms with van der Waals surface area (Å²) in [6.07, 6.45) is 2.13. The van der Waals surface area contributed by atoms with Crippen LogP contribution in [0.2, 0.25) is 0 Å². The second-order valence-corrected chi connectivity index (χ2v) is 11.0. The first-order chi connectivity index (χ1) is 21.8. The first kappa shape index (κ1) is 40.9. The molecular formula is C44H42Cl2SiZr-4. The van der Waals surface area contributed by atoms with Crippen LogP contribution in [0.4, 0.5) is 0 Å². The van der Waals surface area contributed by atoms with Crippen LogP contribution in [0.15, 0.2) is 146 Å². The second-order valence-electron chi connectivity index (χ2n) is 11.0. The summed E-state index contributed by atoms with van der Waals surface area (Å²) in [5, 5.41) is 10.7. The summed E-state index contributed by atoms with van der Waals surface area (Å²) in [7, 11) is 0. The van der Waals surface area contributed by atoms with E-state index in [0.717, 1.165) is 12.8 Å². The van der Waals surface area contributed by atoms with E-state index in [1.165, 1.54) is 99.8 Å². The van der Waals surface area contributed by atoms with Crippen LogP contribution >= 0.6 is 24.8 Å². The van der Waals surface area contributed by atoms with Gasteiger partial charge >= 0.3 is 30.2 Å². The van der Waals surface area contributed by atoms with E-state index in [1.54, 1.807) is 0 Å². The Morgan fingerprint density at radius 1 is 0.438 bits per heavy atom. The summed E-state index contributed by atoms with van der Waals surface area (Å²) < 4.78 is 0. The minimum atomic E-state index is 0. The SMILES string of the molecule is CCc1[cH-]c2ccccc2c1-c1cccc2ccccc12.CCc1[cH-]c2ccccc2c1-c1cccc2ccccc12.Cl.Cl.[CH3-].[CH3-].[Si]=[Zr]. The predicted molar refractivity (Wildman–Crippen MR) is 217 cm³/mol. The van der Waals surface area contributed by atoms with E-state index in [2.05, 4.69) is 166 Å². The number of hydrogen-bond acceptors (Lipinski definition) is 0. The van der Waals surface area contributed by atoms with Gasteiger partial charge in [0.05, 0.1) is 0 Å². The molecule has 0 unspecified atom stereocenters. The van der Waals surface area contributed by atoms with Crippen LogP contribution in [-0.4, -0.2) is 6.88 Å². The summed E-state index contributed by atoms with van der Waals surface area (Å²) in [6.45, 7) is 7.54. The molecule has 0 aliphatic rings. The molecular weight excluding hydrogens is 719 g/mol. The molecule has 0 aliphatic heterocycles. The van der Waals surface area contributed by atoms with E-state index >= 15 is 0 Å². The number of halogens is 2. The van der Waals surface area contributed by atoms with E-state index in [0.29, 0.717) is 0 Å². The molecule has 0 aromatic heterocycles. The number of hydrogen-bond donors (Lipinski definition) is 0. The van der Waals surface area contributed by atoms with Crippen molar-refractivity contribution in [1.29, 1.82) is 0 Å². The average molecular weight is 761 g/mol. The van der Waals surface area contributed by atoms with Gasteiger partial charge in [-0.05, 0) is 34.4 Å². The van der Waals surface area contributed by atoms with Crippen molar-refractivity contribution in [3.63, 3.8) is 0 Å². The quantitative estimate of drug-likeness (QED) is 0.124. The third-order valence-electron chi connectivity index (χ3n) is 8.64. The second kappa shape index (κ2) is 19.1. The monoisotopic (exact) mass is 758 g/mol. The van der Waals surface area contributed by atoms with Crippen molar-refractivity contribution in [2.24, 2.45) is 0 Å². The molecule has 0 amide bonds. The van der Waals surface area contributed by atoms with Gasteiger partial charge in [0.1, 0.15) is 0 Å². The summed E-state index contributed by atoms with van der Waals surface area (Å²) in [6, 6.07) is 52.6. The Balaban J connectivity index is 0.000000294. The van der Waals surface area contributed by atoms with Gasteiger partial charge in [-0.3, -0.25) is 0 Å². The van der Waals surface area contributed by atoms with Crippen LogP contribution in [0.1, 0.15) is 25.0 Å². The Hall–Kier alpha value is -3.26. The first-order valence-electron chi connectivity index (χ1n) is 15.3. The number of rotatable bonds is 4. The summed E-state index contributed by atoms with van der Waals surface area (Å²) in [5.41, 5.74) is 8.40. The summed E-state index contributed by atoms with van der Waals surface area (Å²) >= 11 is 1.36. The number of benzene rings is 6. The molecule has 2 radical (unpaired) electrons. The molecule has 4 heteroatoms. The molecule has 0 N–H and O–H groups in total. The molecule has 8 aromatic carbocycles. The number of fused-ring (bicyclic) bond motifs is 4. The zero-order valence-electron chi connectivity index (χ0n) is 28.1. The molecule has 0 saturated carbocycles. The molecule has 0 saturated heterocycles. The Morgan fingerprint density at radius 3 is 1.12 bits per heavy atom. The molecule has 8 aromatic rings. The van der Waals surface area contributed by atoms with Crippen LogP contribution < -0.4 is 0 Å². The normalized spacial score (nSPS) is 9.94. The van der Waals surface area contributed by atoms with Crippen LogP contribution in [0.25, 0.3) is 65.3 Å². The Labute approximate surface area is 316 Å². The average Bonchev–Trinajstić information content (AvgIpc) is 3.67. The van der Waals surface area contributed by atoms with Crippen LogP contribution in [-0.2, 0) is 36.2 Å². The molecule has 48 heavy (non-hydrogen) atoms.